The summed E-state index contributed by atoms with van der Waals surface area (Å²) < 4.78 is 27.5. The highest BCUT2D eigenvalue weighted by Gasteiger charge is 2.20. The Bertz CT molecular complexity index is 1190. The zero-order valence-corrected chi connectivity index (χ0v) is 20.5. The van der Waals surface area contributed by atoms with E-state index >= 15 is 0 Å². The molecule has 1 aliphatic heterocycles. The van der Waals surface area contributed by atoms with Gasteiger partial charge in [0.25, 0.3) is 0 Å². The first-order valence-electron chi connectivity index (χ1n) is 11.6. The van der Waals surface area contributed by atoms with Gasteiger partial charge in [0.2, 0.25) is 6.43 Å². The molecule has 1 saturated heterocycles. The number of rotatable bonds is 7. The van der Waals surface area contributed by atoms with Crippen molar-refractivity contribution in [3.8, 4) is 0 Å². The molecule has 0 spiro atoms. The lowest BCUT2D eigenvalue weighted by Gasteiger charge is -2.30. The first-order valence-corrected chi connectivity index (χ1v) is 11.6. The summed E-state index contributed by atoms with van der Waals surface area (Å²) in [6, 6.07) is 5.79. The lowest BCUT2D eigenvalue weighted by molar-refractivity contribution is 0.149. The van der Waals surface area contributed by atoms with Crippen LogP contribution >= 0.6 is 0 Å². The van der Waals surface area contributed by atoms with Gasteiger partial charge < -0.3 is 16.0 Å². The molecule has 0 atom stereocenters. The molecule has 4 heterocycles. The fraction of sp³-hybridized carbons (Fsp3) is 0.333. The molecule has 4 rings (SSSR count). The quantitative estimate of drug-likeness (QED) is 0.483. The van der Waals surface area contributed by atoms with E-state index in [9.17, 15) is 8.78 Å². The molecule has 0 unspecified atom stereocenters. The van der Waals surface area contributed by atoms with Crippen LogP contribution < -0.4 is 11.1 Å². The van der Waals surface area contributed by atoms with E-state index in [1.807, 2.05) is 31.3 Å². The molecule has 3 N–H and O–H groups in total. The van der Waals surface area contributed by atoms with Crippen LogP contribution in [0.3, 0.4) is 0 Å². The van der Waals surface area contributed by atoms with Crippen molar-refractivity contribution in [1.82, 2.24) is 19.5 Å². The molecule has 6 nitrogen and oxygen atoms in total. The molecule has 186 valence electrons. The Hall–Kier alpha value is -3.52. The Balaban J connectivity index is 0.00000108. The number of hydrogen-bond donors (Lipinski definition) is 2. The minimum absolute atomic E-state index is 0.321. The van der Waals surface area contributed by atoms with Gasteiger partial charge in [0.05, 0.1) is 23.6 Å². The van der Waals surface area contributed by atoms with Crippen molar-refractivity contribution in [3.05, 3.63) is 90.8 Å². The van der Waals surface area contributed by atoms with E-state index in [4.69, 9.17) is 0 Å². The van der Waals surface area contributed by atoms with Gasteiger partial charge in [-0.2, -0.15) is 5.10 Å². The first-order chi connectivity index (χ1) is 16.7. The average Bonchev–Trinajstić information content (AvgIpc) is 3.22. The van der Waals surface area contributed by atoms with Gasteiger partial charge in [-0.15, -0.1) is 0 Å². The molecule has 0 radical (unpaired) electrons. The number of anilines is 1. The summed E-state index contributed by atoms with van der Waals surface area (Å²) in [7, 11) is 2.14. The van der Waals surface area contributed by atoms with E-state index in [0.717, 1.165) is 59.7 Å². The Morgan fingerprint density at radius 1 is 1.26 bits per heavy atom. The van der Waals surface area contributed by atoms with Gasteiger partial charge >= 0.3 is 0 Å². The lowest BCUT2D eigenvalue weighted by atomic mass is 9.94. The number of hydrogen-bond acceptors (Lipinski definition) is 5. The Labute approximate surface area is 205 Å². The maximum atomic E-state index is 12.9. The monoisotopic (exact) mass is 480 g/mol. The number of pyridine rings is 2. The van der Waals surface area contributed by atoms with E-state index in [0.29, 0.717) is 17.0 Å². The SMILES string of the molecule is C=C(c1ccn2ncc(CC(F)F)c2c1)c1cc(NC(=C)C2CCN(C)CC2)cnc1C.C=CN. The third kappa shape index (κ3) is 6.54. The van der Waals surface area contributed by atoms with Gasteiger partial charge in [-0.1, -0.05) is 19.7 Å². The molecular formula is C27H34F2N6. The number of aromatic nitrogens is 3. The summed E-state index contributed by atoms with van der Waals surface area (Å²) in [6.45, 7) is 15.8. The molecule has 8 heteroatoms. The maximum absolute atomic E-state index is 12.9. The molecule has 1 aliphatic rings. The Morgan fingerprint density at radius 2 is 1.94 bits per heavy atom. The molecule has 3 aromatic rings. The van der Waals surface area contributed by atoms with Crippen molar-refractivity contribution in [1.29, 1.82) is 0 Å². The summed E-state index contributed by atoms with van der Waals surface area (Å²) in [4.78, 5) is 6.89. The van der Waals surface area contributed by atoms with Crippen LogP contribution in [0.1, 0.15) is 35.2 Å². The molecule has 0 aromatic carbocycles. The zero-order valence-electron chi connectivity index (χ0n) is 20.5. The number of nitrogens with two attached hydrogens (primary N) is 1. The number of alkyl halides is 2. The molecule has 0 saturated carbocycles. The topological polar surface area (TPSA) is 71.5 Å². The highest BCUT2D eigenvalue weighted by Crippen LogP contribution is 2.29. The molecular weight excluding hydrogens is 446 g/mol. The van der Waals surface area contributed by atoms with Crippen molar-refractivity contribution in [2.75, 3.05) is 25.5 Å². The fourth-order valence-electron chi connectivity index (χ4n) is 4.25. The second-order valence-electron chi connectivity index (χ2n) is 8.81. The van der Waals surface area contributed by atoms with E-state index in [2.05, 4.69) is 52.8 Å². The van der Waals surface area contributed by atoms with Crippen molar-refractivity contribution in [2.45, 2.75) is 32.6 Å². The summed E-state index contributed by atoms with van der Waals surface area (Å²) in [5.41, 5.74) is 11.1. The van der Waals surface area contributed by atoms with Gasteiger partial charge in [-0.25, -0.2) is 13.3 Å². The molecule has 3 aromatic heterocycles. The van der Waals surface area contributed by atoms with Gasteiger partial charge in [-0.3, -0.25) is 4.98 Å². The summed E-state index contributed by atoms with van der Waals surface area (Å²) >= 11 is 0. The fourth-order valence-corrected chi connectivity index (χ4v) is 4.25. The van der Waals surface area contributed by atoms with E-state index in [-0.39, 0.29) is 6.42 Å². The highest BCUT2D eigenvalue weighted by molar-refractivity contribution is 5.82. The third-order valence-corrected chi connectivity index (χ3v) is 6.25. The van der Waals surface area contributed by atoms with Crippen LogP contribution in [-0.4, -0.2) is 46.1 Å². The van der Waals surface area contributed by atoms with E-state index in [1.165, 1.54) is 12.4 Å². The second kappa shape index (κ2) is 11.8. The number of nitrogens with zero attached hydrogens (tertiary/aromatic N) is 4. The van der Waals surface area contributed by atoms with Gasteiger partial charge in [0.1, 0.15) is 0 Å². The number of allylic oxidation sites excluding steroid dienone is 1. The predicted octanol–water partition coefficient (Wildman–Crippen LogP) is 5.26. The minimum Gasteiger partial charge on any atom is -0.405 e. The molecule has 0 aliphatic carbocycles. The normalized spacial score (nSPS) is 14.4. The maximum Gasteiger partial charge on any atom is 0.242 e. The van der Waals surface area contributed by atoms with Crippen molar-refractivity contribution < 1.29 is 8.78 Å². The predicted molar refractivity (Wildman–Crippen MR) is 139 cm³/mol. The Morgan fingerprint density at radius 3 is 2.60 bits per heavy atom. The van der Waals surface area contributed by atoms with Crippen LogP contribution in [0.2, 0.25) is 0 Å². The van der Waals surface area contributed by atoms with Crippen LogP contribution in [0.25, 0.3) is 11.1 Å². The van der Waals surface area contributed by atoms with Gasteiger partial charge in [-0.05, 0) is 75.4 Å². The number of likely N-dealkylation sites (tertiary alicyclic amines) is 1. The number of nitrogens with one attached hydrogen (secondary N) is 1. The summed E-state index contributed by atoms with van der Waals surface area (Å²) in [6.07, 6.45) is 5.78. The van der Waals surface area contributed by atoms with E-state index < -0.39 is 6.43 Å². The minimum atomic E-state index is -2.42. The summed E-state index contributed by atoms with van der Waals surface area (Å²) in [5, 5.41) is 7.62. The molecule has 0 amide bonds. The van der Waals surface area contributed by atoms with Gasteiger partial charge in [0.15, 0.2) is 0 Å². The van der Waals surface area contributed by atoms with Crippen molar-refractivity contribution in [2.24, 2.45) is 11.7 Å². The molecule has 1 fully saturated rings. The smallest absolute Gasteiger partial charge is 0.242 e. The first kappa shape index (κ1) is 26.1. The molecule has 35 heavy (non-hydrogen) atoms. The lowest BCUT2D eigenvalue weighted by Crippen LogP contribution is -2.31. The number of halogens is 2. The van der Waals surface area contributed by atoms with Crippen LogP contribution in [0.4, 0.5) is 14.5 Å². The average molecular weight is 481 g/mol. The van der Waals surface area contributed by atoms with Crippen molar-refractivity contribution in [3.63, 3.8) is 0 Å². The van der Waals surface area contributed by atoms with Crippen LogP contribution in [0, 0.1) is 12.8 Å². The van der Waals surface area contributed by atoms with Crippen molar-refractivity contribution >= 4 is 16.8 Å². The highest BCUT2D eigenvalue weighted by atomic mass is 19.3. The van der Waals surface area contributed by atoms with Crippen LogP contribution in [-0.2, 0) is 6.42 Å². The van der Waals surface area contributed by atoms with E-state index in [1.54, 1.807) is 10.7 Å². The number of piperidine rings is 1. The van der Waals surface area contributed by atoms with Crippen LogP contribution in [0.5, 0.6) is 0 Å². The summed E-state index contributed by atoms with van der Waals surface area (Å²) in [5.74, 6) is 0.441. The van der Waals surface area contributed by atoms with Crippen LogP contribution in [0.15, 0.2) is 68.4 Å². The Kier molecular flexibility index (Phi) is 8.76. The number of fused-ring (bicyclic) bond motifs is 1. The second-order valence-corrected chi connectivity index (χ2v) is 8.81. The van der Waals surface area contributed by atoms with Gasteiger partial charge in [0, 0.05) is 41.1 Å². The molecule has 0 bridgehead atoms. The number of aryl methyl sites for hydroxylation is 1. The largest absolute Gasteiger partial charge is 0.405 e. The standard InChI is InChI=1S/C25H29F2N5.C2H5N/c1-16(20-7-10-32-24(11-20)21(14-29-32)12-25(26)27)23-13-22(15-28-18(23)3)30-17(2)19-5-8-31(4)9-6-19;1-2-3/h7,10-11,13-15,19,25,30H,1-2,5-6,8-9,12H2,3-4H3;2H,1,3H2. The zero-order chi connectivity index (χ0) is 25.5. The third-order valence-electron chi connectivity index (χ3n) is 6.25.